The van der Waals surface area contributed by atoms with Crippen LogP contribution in [0.5, 0.6) is 0 Å². The van der Waals surface area contributed by atoms with Crippen molar-refractivity contribution >= 4 is 34.3 Å². The Hall–Kier alpha value is -4.24. The van der Waals surface area contributed by atoms with Crippen molar-refractivity contribution in [1.82, 2.24) is 20.1 Å². The number of nitrogens with zero attached hydrogens (tertiary/aromatic N) is 3. The van der Waals surface area contributed by atoms with Gasteiger partial charge in [-0.3, -0.25) is 9.48 Å². The van der Waals surface area contributed by atoms with E-state index in [9.17, 15) is 14.7 Å². The molecule has 35 heavy (non-hydrogen) atoms. The highest BCUT2D eigenvalue weighted by Gasteiger charge is 2.20. The van der Waals surface area contributed by atoms with Crippen LogP contribution >= 0.6 is 0 Å². The number of amides is 3. The summed E-state index contributed by atoms with van der Waals surface area (Å²) in [4.78, 5) is 30.6. The Morgan fingerprint density at radius 2 is 1.86 bits per heavy atom. The lowest BCUT2D eigenvalue weighted by molar-refractivity contribution is 0.102. The zero-order valence-electron chi connectivity index (χ0n) is 19.9. The van der Waals surface area contributed by atoms with E-state index in [1.165, 1.54) is 0 Å². The Morgan fingerprint density at radius 1 is 1.09 bits per heavy atom. The molecule has 2 aromatic carbocycles. The summed E-state index contributed by atoms with van der Waals surface area (Å²) in [6.07, 6.45) is 1.68. The zero-order valence-corrected chi connectivity index (χ0v) is 19.9. The van der Waals surface area contributed by atoms with Gasteiger partial charge in [-0.2, -0.15) is 5.10 Å². The maximum atomic E-state index is 13.5. The van der Waals surface area contributed by atoms with E-state index >= 15 is 0 Å². The normalized spacial score (nSPS) is 11.8. The van der Waals surface area contributed by atoms with Gasteiger partial charge in [0.15, 0.2) is 5.82 Å². The van der Waals surface area contributed by atoms with E-state index in [0.29, 0.717) is 45.6 Å². The van der Waals surface area contributed by atoms with Gasteiger partial charge < -0.3 is 21.1 Å². The molecule has 4 rings (SSSR count). The molecule has 0 radical (unpaired) electrons. The van der Waals surface area contributed by atoms with Crippen molar-refractivity contribution in [3.05, 3.63) is 71.9 Å². The average Bonchev–Trinajstić information content (AvgIpc) is 3.26. The van der Waals surface area contributed by atoms with Gasteiger partial charge in [-0.1, -0.05) is 37.3 Å². The Bertz CT molecular complexity index is 1370. The summed E-state index contributed by atoms with van der Waals surface area (Å²) in [6, 6.07) is 16.2. The molecule has 4 N–H and O–H groups in total. The molecule has 0 saturated heterocycles. The molecule has 9 heteroatoms. The molecule has 1 atom stereocenters. The summed E-state index contributed by atoms with van der Waals surface area (Å²) in [5.74, 6) is 0.115. The number of pyridine rings is 1. The fourth-order valence-corrected chi connectivity index (χ4v) is 3.80. The molecule has 2 heterocycles. The molecular formula is C26H28N6O3. The van der Waals surface area contributed by atoms with E-state index in [0.717, 1.165) is 5.56 Å². The predicted molar refractivity (Wildman–Crippen MR) is 136 cm³/mol. The SMILES string of the molecule is CC[C@@H](O)CNC(=O)Nc1ccc2nc(-c3ccccc3)c(C)c(C(=O)Nc3ccn(C)n3)c2c1. The van der Waals surface area contributed by atoms with E-state index < -0.39 is 12.1 Å². The van der Waals surface area contributed by atoms with Gasteiger partial charge in [-0.15, -0.1) is 0 Å². The van der Waals surface area contributed by atoms with Crippen LogP contribution in [-0.4, -0.2) is 44.5 Å². The summed E-state index contributed by atoms with van der Waals surface area (Å²) < 4.78 is 1.61. The first-order valence-corrected chi connectivity index (χ1v) is 11.4. The summed E-state index contributed by atoms with van der Waals surface area (Å²) in [6.45, 7) is 3.85. The maximum Gasteiger partial charge on any atom is 0.319 e. The number of benzene rings is 2. The van der Waals surface area contributed by atoms with E-state index in [2.05, 4.69) is 21.0 Å². The van der Waals surface area contributed by atoms with Gasteiger partial charge in [0.2, 0.25) is 0 Å². The van der Waals surface area contributed by atoms with Crippen LogP contribution in [0.4, 0.5) is 16.3 Å². The minimum absolute atomic E-state index is 0.148. The third kappa shape index (κ3) is 5.47. The monoisotopic (exact) mass is 472 g/mol. The molecule has 0 spiro atoms. The highest BCUT2D eigenvalue weighted by atomic mass is 16.3. The first kappa shape index (κ1) is 23.9. The maximum absolute atomic E-state index is 13.5. The van der Waals surface area contributed by atoms with Crippen molar-refractivity contribution in [3.8, 4) is 11.3 Å². The molecule has 0 fully saturated rings. The molecular weight excluding hydrogens is 444 g/mol. The van der Waals surface area contributed by atoms with Crippen LogP contribution < -0.4 is 16.0 Å². The van der Waals surface area contributed by atoms with Gasteiger partial charge in [0.25, 0.3) is 5.91 Å². The van der Waals surface area contributed by atoms with Crippen molar-refractivity contribution in [2.45, 2.75) is 26.4 Å². The topological polar surface area (TPSA) is 121 Å². The van der Waals surface area contributed by atoms with Crippen LogP contribution in [0.15, 0.2) is 60.8 Å². The van der Waals surface area contributed by atoms with Crippen molar-refractivity contribution < 1.29 is 14.7 Å². The Kier molecular flexibility index (Phi) is 7.07. The van der Waals surface area contributed by atoms with E-state index in [4.69, 9.17) is 4.98 Å². The molecule has 0 bridgehead atoms. The van der Waals surface area contributed by atoms with Gasteiger partial charge >= 0.3 is 6.03 Å². The Labute approximate surface area is 203 Å². The smallest absolute Gasteiger partial charge is 0.319 e. The predicted octanol–water partition coefficient (Wildman–Crippen LogP) is 4.09. The number of aliphatic hydroxyl groups excluding tert-OH is 1. The number of hydrogen-bond donors (Lipinski definition) is 4. The number of rotatable bonds is 7. The largest absolute Gasteiger partial charge is 0.391 e. The van der Waals surface area contributed by atoms with Gasteiger partial charge in [0.1, 0.15) is 0 Å². The zero-order chi connectivity index (χ0) is 24.9. The number of aromatic nitrogens is 3. The van der Waals surface area contributed by atoms with E-state index in [1.54, 1.807) is 42.2 Å². The third-order valence-electron chi connectivity index (χ3n) is 5.69. The van der Waals surface area contributed by atoms with Crippen LogP contribution in [0.25, 0.3) is 22.2 Å². The summed E-state index contributed by atoms with van der Waals surface area (Å²) >= 11 is 0. The van der Waals surface area contributed by atoms with Gasteiger partial charge in [-0.25, -0.2) is 9.78 Å². The molecule has 0 aliphatic carbocycles. The van der Waals surface area contributed by atoms with Crippen molar-refractivity contribution in [3.63, 3.8) is 0 Å². The standard InChI is InChI=1S/C26H28N6O3/c1-4-19(33)15-27-26(35)28-18-10-11-21-20(14-18)23(25(34)30-22-12-13-32(3)31-22)16(2)24(29-21)17-8-6-5-7-9-17/h5-14,19,33H,4,15H2,1-3H3,(H2,27,28,35)(H,30,31,34)/t19-/m1/s1. The number of carbonyl (C=O) groups is 2. The number of urea groups is 1. The molecule has 9 nitrogen and oxygen atoms in total. The van der Waals surface area contributed by atoms with Crippen LogP contribution in [0.1, 0.15) is 29.3 Å². The number of aryl methyl sites for hydroxylation is 1. The number of aliphatic hydroxyl groups is 1. The highest BCUT2D eigenvalue weighted by molar-refractivity contribution is 6.14. The lowest BCUT2D eigenvalue weighted by Crippen LogP contribution is -2.34. The molecule has 0 aliphatic heterocycles. The number of carbonyl (C=O) groups excluding carboxylic acids is 2. The summed E-state index contributed by atoms with van der Waals surface area (Å²) in [7, 11) is 1.78. The van der Waals surface area contributed by atoms with Crippen molar-refractivity contribution in [2.75, 3.05) is 17.2 Å². The van der Waals surface area contributed by atoms with Crippen LogP contribution in [0, 0.1) is 6.92 Å². The molecule has 0 aliphatic rings. The number of nitrogens with one attached hydrogen (secondary N) is 3. The van der Waals surface area contributed by atoms with E-state index in [1.807, 2.05) is 44.2 Å². The van der Waals surface area contributed by atoms with E-state index in [-0.39, 0.29) is 12.5 Å². The van der Waals surface area contributed by atoms with Crippen LogP contribution in [-0.2, 0) is 7.05 Å². The van der Waals surface area contributed by atoms with Gasteiger partial charge in [-0.05, 0) is 37.1 Å². The second-order valence-electron chi connectivity index (χ2n) is 8.28. The quantitative estimate of drug-likeness (QED) is 0.323. The summed E-state index contributed by atoms with van der Waals surface area (Å²) in [5.41, 5.74) is 3.88. The minimum atomic E-state index is -0.609. The fourth-order valence-electron chi connectivity index (χ4n) is 3.80. The fraction of sp³-hybridized carbons (Fsp3) is 0.231. The number of hydrogen-bond acceptors (Lipinski definition) is 5. The lowest BCUT2D eigenvalue weighted by Gasteiger charge is -2.16. The Balaban J connectivity index is 1.75. The highest BCUT2D eigenvalue weighted by Crippen LogP contribution is 2.31. The third-order valence-corrected chi connectivity index (χ3v) is 5.69. The number of anilines is 2. The minimum Gasteiger partial charge on any atom is -0.391 e. The lowest BCUT2D eigenvalue weighted by atomic mass is 9.97. The first-order valence-electron chi connectivity index (χ1n) is 11.4. The second kappa shape index (κ2) is 10.4. The molecule has 4 aromatic rings. The van der Waals surface area contributed by atoms with Gasteiger partial charge in [0.05, 0.1) is 22.9 Å². The van der Waals surface area contributed by atoms with Crippen LogP contribution in [0.3, 0.4) is 0 Å². The summed E-state index contributed by atoms with van der Waals surface area (Å²) in [5, 5.41) is 22.8. The average molecular weight is 473 g/mol. The van der Waals surface area contributed by atoms with Crippen molar-refractivity contribution in [2.24, 2.45) is 7.05 Å². The second-order valence-corrected chi connectivity index (χ2v) is 8.28. The van der Waals surface area contributed by atoms with Crippen LogP contribution in [0.2, 0.25) is 0 Å². The molecule has 0 saturated carbocycles. The molecule has 180 valence electrons. The Morgan fingerprint density at radius 3 is 2.54 bits per heavy atom. The first-order chi connectivity index (χ1) is 16.9. The van der Waals surface area contributed by atoms with Crippen molar-refractivity contribution in [1.29, 1.82) is 0 Å². The molecule has 2 aromatic heterocycles. The number of fused-ring (bicyclic) bond motifs is 1. The molecule has 0 unspecified atom stereocenters. The molecule has 3 amide bonds. The van der Waals surface area contributed by atoms with Gasteiger partial charge in [0, 0.05) is 42.5 Å².